The van der Waals surface area contributed by atoms with E-state index in [4.69, 9.17) is 28.9 Å². The summed E-state index contributed by atoms with van der Waals surface area (Å²) in [5.74, 6) is 0.531. The zero-order valence-corrected chi connectivity index (χ0v) is 15.1. The van der Waals surface area contributed by atoms with E-state index in [-0.39, 0.29) is 21.8 Å². The summed E-state index contributed by atoms with van der Waals surface area (Å²) in [6.07, 6.45) is 2.32. The maximum Gasteiger partial charge on any atom is 0.166 e. The van der Waals surface area contributed by atoms with Gasteiger partial charge in [0.15, 0.2) is 11.6 Å². The van der Waals surface area contributed by atoms with Crippen molar-refractivity contribution in [1.29, 1.82) is 0 Å². The summed E-state index contributed by atoms with van der Waals surface area (Å²) in [5.41, 5.74) is 7.33. The van der Waals surface area contributed by atoms with Gasteiger partial charge in [0, 0.05) is 19.1 Å². The molecule has 6 nitrogen and oxygen atoms in total. The Morgan fingerprint density at radius 1 is 1.19 bits per heavy atom. The Bertz CT molecular complexity index is 983. The third-order valence-electron chi connectivity index (χ3n) is 4.30. The summed E-state index contributed by atoms with van der Waals surface area (Å²) >= 11 is 11.7. The lowest BCUT2D eigenvalue weighted by atomic mass is 10.2. The zero-order chi connectivity index (χ0) is 18.3. The van der Waals surface area contributed by atoms with Gasteiger partial charge in [-0.05, 0) is 30.7 Å². The van der Waals surface area contributed by atoms with E-state index in [0.29, 0.717) is 16.9 Å². The zero-order valence-electron chi connectivity index (χ0n) is 13.6. The first-order chi connectivity index (χ1) is 12.5. The van der Waals surface area contributed by atoms with Crippen LogP contribution in [-0.2, 0) is 0 Å². The minimum absolute atomic E-state index is 0.141. The van der Waals surface area contributed by atoms with Gasteiger partial charge in [-0.1, -0.05) is 23.2 Å². The maximum atomic E-state index is 14.4. The Labute approximate surface area is 159 Å². The number of halogens is 3. The number of anilines is 3. The lowest BCUT2D eigenvalue weighted by Gasteiger charge is -2.17. The monoisotopic (exact) mass is 392 g/mol. The molecule has 1 aliphatic heterocycles. The average molecular weight is 393 g/mol. The Balaban J connectivity index is 1.74. The fourth-order valence-electron chi connectivity index (χ4n) is 2.94. The van der Waals surface area contributed by atoms with E-state index in [1.807, 2.05) is 12.1 Å². The quantitative estimate of drug-likeness (QED) is 0.660. The summed E-state index contributed by atoms with van der Waals surface area (Å²) in [5, 5.41) is 2.94. The van der Waals surface area contributed by atoms with E-state index in [1.165, 1.54) is 18.5 Å². The third kappa shape index (κ3) is 3.13. The van der Waals surface area contributed by atoms with Gasteiger partial charge >= 0.3 is 0 Å². The van der Waals surface area contributed by atoms with E-state index in [0.717, 1.165) is 25.3 Å². The Hall–Kier alpha value is -2.22. The van der Waals surface area contributed by atoms with Crippen molar-refractivity contribution in [3.05, 3.63) is 46.5 Å². The average Bonchev–Trinajstić information content (AvgIpc) is 3.08. The van der Waals surface area contributed by atoms with E-state index in [1.54, 1.807) is 0 Å². The van der Waals surface area contributed by atoms with Crippen LogP contribution in [0.1, 0.15) is 6.42 Å². The van der Waals surface area contributed by atoms with Crippen molar-refractivity contribution in [1.82, 2.24) is 15.0 Å². The van der Waals surface area contributed by atoms with Gasteiger partial charge in [-0.15, -0.1) is 0 Å². The predicted octanol–water partition coefficient (Wildman–Crippen LogP) is 3.75. The molecule has 0 aliphatic carbocycles. The molecule has 0 saturated carbocycles. The van der Waals surface area contributed by atoms with Crippen LogP contribution >= 0.6 is 23.2 Å². The number of pyridine rings is 1. The highest BCUT2D eigenvalue weighted by molar-refractivity contribution is 6.42. The minimum atomic E-state index is -0.646. The Morgan fingerprint density at radius 3 is 2.81 bits per heavy atom. The van der Waals surface area contributed by atoms with E-state index in [9.17, 15) is 4.39 Å². The van der Waals surface area contributed by atoms with Gasteiger partial charge in [0.25, 0.3) is 0 Å². The standard InChI is InChI=1S/C17H15Cl2FN6/c18-10-1-2-11(15(20)14(10)19)24-17-16-12(22-8-23-17)3-4-13(25-16)26-6-5-9(21)7-26/h1-4,8-9H,5-7,21H2,(H,22,23,24). The summed E-state index contributed by atoms with van der Waals surface area (Å²) in [7, 11) is 0. The normalized spacial score (nSPS) is 17.1. The second-order valence-electron chi connectivity index (χ2n) is 6.10. The van der Waals surface area contributed by atoms with Crippen LogP contribution in [0, 0.1) is 5.82 Å². The van der Waals surface area contributed by atoms with Gasteiger partial charge in [-0.3, -0.25) is 0 Å². The summed E-state index contributed by atoms with van der Waals surface area (Å²) < 4.78 is 14.4. The lowest BCUT2D eigenvalue weighted by molar-refractivity contribution is 0.632. The van der Waals surface area contributed by atoms with Crippen molar-refractivity contribution in [3.63, 3.8) is 0 Å². The van der Waals surface area contributed by atoms with Crippen LogP contribution in [0.4, 0.5) is 21.7 Å². The van der Waals surface area contributed by atoms with Crippen molar-refractivity contribution < 1.29 is 4.39 Å². The molecule has 0 amide bonds. The smallest absolute Gasteiger partial charge is 0.166 e. The number of aromatic nitrogens is 3. The third-order valence-corrected chi connectivity index (χ3v) is 5.09. The van der Waals surface area contributed by atoms with Gasteiger partial charge in [-0.2, -0.15) is 0 Å². The van der Waals surface area contributed by atoms with Gasteiger partial charge in [0.2, 0.25) is 0 Å². The molecule has 134 valence electrons. The molecule has 9 heteroatoms. The second kappa shape index (κ2) is 6.83. The van der Waals surface area contributed by atoms with E-state index in [2.05, 4.69) is 25.2 Å². The van der Waals surface area contributed by atoms with Gasteiger partial charge in [-0.25, -0.2) is 19.3 Å². The molecule has 1 aliphatic rings. The number of fused-ring (bicyclic) bond motifs is 1. The highest BCUT2D eigenvalue weighted by atomic mass is 35.5. The Morgan fingerprint density at radius 2 is 2.04 bits per heavy atom. The largest absolute Gasteiger partial charge is 0.355 e. The molecule has 1 unspecified atom stereocenters. The van der Waals surface area contributed by atoms with Crippen LogP contribution in [0.3, 0.4) is 0 Å². The van der Waals surface area contributed by atoms with Gasteiger partial charge < -0.3 is 16.0 Å². The molecular formula is C17H15Cl2FN6. The second-order valence-corrected chi connectivity index (χ2v) is 6.89. The number of nitrogens with zero attached hydrogens (tertiary/aromatic N) is 4. The minimum Gasteiger partial charge on any atom is -0.355 e. The number of benzene rings is 1. The molecule has 1 fully saturated rings. The molecule has 1 atom stereocenters. The highest BCUT2D eigenvalue weighted by Crippen LogP contribution is 2.32. The molecule has 0 spiro atoms. The SMILES string of the molecule is NC1CCN(c2ccc3ncnc(Nc4ccc(Cl)c(Cl)c4F)c3n2)C1. The summed E-state index contributed by atoms with van der Waals surface area (Å²) in [6, 6.07) is 6.92. The van der Waals surface area contributed by atoms with Crippen molar-refractivity contribution in [2.24, 2.45) is 5.73 Å². The molecule has 3 N–H and O–H groups in total. The van der Waals surface area contributed by atoms with Crippen molar-refractivity contribution in [2.75, 3.05) is 23.3 Å². The first-order valence-corrected chi connectivity index (χ1v) is 8.81. The number of nitrogens with one attached hydrogen (secondary N) is 1. The molecule has 0 radical (unpaired) electrons. The van der Waals surface area contributed by atoms with Gasteiger partial charge in [0.05, 0.1) is 21.2 Å². The Kier molecular flexibility index (Phi) is 4.52. The molecule has 4 rings (SSSR count). The van der Waals surface area contributed by atoms with Crippen LogP contribution in [0.15, 0.2) is 30.6 Å². The number of rotatable bonds is 3. The first-order valence-electron chi connectivity index (χ1n) is 8.06. The van der Waals surface area contributed by atoms with Crippen molar-refractivity contribution in [3.8, 4) is 0 Å². The molecule has 0 bridgehead atoms. The van der Waals surface area contributed by atoms with Crippen LogP contribution in [0.25, 0.3) is 11.0 Å². The van der Waals surface area contributed by atoms with E-state index >= 15 is 0 Å². The first kappa shape index (κ1) is 17.2. The highest BCUT2D eigenvalue weighted by Gasteiger charge is 2.21. The molecular weight excluding hydrogens is 378 g/mol. The van der Waals surface area contributed by atoms with Crippen molar-refractivity contribution >= 4 is 51.6 Å². The number of nitrogens with two attached hydrogens (primary N) is 1. The molecule has 1 aromatic carbocycles. The summed E-state index contributed by atoms with van der Waals surface area (Å²) in [4.78, 5) is 15.2. The van der Waals surface area contributed by atoms with Crippen LogP contribution in [-0.4, -0.2) is 34.1 Å². The van der Waals surface area contributed by atoms with Crippen LogP contribution in [0.5, 0.6) is 0 Å². The predicted molar refractivity (Wildman–Crippen MR) is 102 cm³/mol. The maximum absolute atomic E-state index is 14.4. The molecule has 26 heavy (non-hydrogen) atoms. The molecule has 1 saturated heterocycles. The topological polar surface area (TPSA) is 80.0 Å². The van der Waals surface area contributed by atoms with Crippen molar-refractivity contribution in [2.45, 2.75) is 12.5 Å². The van der Waals surface area contributed by atoms with Gasteiger partial charge in [0.1, 0.15) is 17.7 Å². The molecule has 3 heterocycles. The molecule has 3 aromatic rings. The summed E-state index contributed by atoms with van der Waals surface area (Å²) in [6.45, 7) is 1.59. The van der Waals surface area contributed by atoms with Crippen LogP contribution < -0.4 is 16.0 Å². The van der Waals surface area contributed by atoms with Crippen LogP contribution in [0.2, 0.25) is 10.0 Å². The lowest BCUT2D eigenvalue weighted by Crippen LogP contribution is -2.26. The fraction of sp³-hybridized carbons (Fsp3) is 0.235. The number of hydrogen-bond donors (Lipinski definition) is 2. The molecule has 2 aromatic heterocycles. The van der Waals surface area contributed by atoms with E-state index < -0.39 is 5.82 Å². The number of hydrogen-bond acceptors (Lipinski definition) is 6. The fourth-order valence-corrected chi connectivity index (χ4v) is 3.25.